The van der Waals surface area contributed by atoms with E-state index in [0.29, 0.717) is 11.3 Å². The molecule has 27 heavy (non-hydrogen) atoms. The maximum absolute atomic E-state index is 12.4. The second-order valence-electron chi connectivity index (χ2n) is 9.45. The summed E-state index contributed by atoms with van der Waals surface area (Å²) in [7, 11) is -2.99. The molecule has 152 valence electrons. The molecule has 0 heterocycles. The summed E-state index contributed by atoms with van der Waals surface area (Å²) < 4.78 is 17.3. The van der Waals surface area contributed by atoms with Gasteiger partial charge in [0, 0.05) is 11.1 Å². The number of benzene rings is 1. The predicted molar refractivity (Wildman–Crippen MR) is 111 cm³/mol. The second kappa shape index (κ2) is 7.54. The molecule has 1 aromatic rings. The van der Waals surface area contributed by atoms with Crippen LogP contribution in [0.15, 0.2) is 18.2 Å². The number of carbonyl (C=O) groups excluding carboxylic acids is 1. The average Bonchev–Trinajstić information content (AvgIpc) is 2.48. The number of methoxy groups -OCH3 is 1. The van der Waals surface area contributed by atoms with Crippen LogP contribution in [0.25, 0.3) is 6.08 Å². The largest absolute Gasteiger partial charge is 0.496 e. The van der Waals surface area contributed by atoms with E-state index in [0.717, 1.165) is 11.1 Å². The van der Waals surface area contributed by atoms with E-state index in [9.17, 15) is 19.1 Å². The summed E-state index contributed by atoms with van der Waals surface area (Å²) in [6, 6.07) is 4.08. The van der Waals surface area contributed by atoms with Gasteiger partial charge in [-0.25, -0.2) is 0 Å². The molecule has 0 spiro atoms. The molecule has 0 aliphatic rings. The van der Waals surface area contributed by atoms with Gasteiger partial charge < -0.3 is 14.5 Å². The minimum atomic E-state index is -4.57. The summed E-state index contributed by atoms with van der Waals surface area (Å²) in [6.45, 7) is 15.1. The van der Waals surface area contributed by atoms with Crippen molar-refractivity contribution in [2.45, 2.75) is 71.4 Å². The number of hydrogen-bond acceptors (Lipinski definition) is 3. The zero-order valence-electron chi connectivity index (χ0n) is 17.9. The molecule has 5 nitrogen and oxygen atoms in total. The van der Waals surface area contributed by atoms with E-state index >= 15 is 0 Å². The zero-order valence-corrected chi connectivity index (χ0v) is 18.8. The Balaban J connectivity index is 3.59. The third-order valence-electron chi connectivity index (χ3n) is 4.74. The van der Waals surface area contributed by atoms with Crippen molar-refractivity contribution >= 4 is 19.5 Å². The van der Waals surface area contributed by atoms with Crippen LogP contribution >= 0.6 is 7.60 Å². The van der Waals surface area contributed by atoms with Gasteiger partial charge in [0.05, 0.1) is 7.11 Å². The number of carbonyl (C=O) groups is 1. The van der Waals surface area contributed by atoms with Crippen molar-refractivity contribution in [1.82, 2.24) is 0 Å². The molecule has 0 aliphatic heterocycles. The van der Waals surface area contributed by atoms with Gasteiger partial charge in [-0.2, -0.15) is 0 Å². The number of allylic oxidation sites excluding steroid dienone is 1. The predicted octanol–water partition coefficient (Wildman–Crippen LogP) is 4.83. The van der Waals surface area contributed by atoms with Crippen molar-refractivity contribution in [1.29, 1.82) is 0 Å². The summed E-state index contributed by atoms with van der Waals surface area (Å²) in [6.07, 6.45) is 2.82. The van der Waals surface area contributed by atoms with Gasteiger partial charge in [-0.15, -0.1) is 0 Å². The lowest BCUT2D eigenvalue weighted by molar-refractivity contribution is -0.116. The molecule has 0 fully saturated rings. The fraction of sp³-hybridized carbons (Fsp3) is 0.571. The lowest BCUT2D eigenvalue weighted by Crippen LogP contribution is -2.29. The monoisotopic (exact) mass is 396 g/mol. The van der Waals surface area contributed by atoms with Crippen molar-refractivity contribution in [3.05, 3.63) is 34.9 Å². The van der Waals surface area contributed by atoms with E-state index in [-0.39, 0.29) is 10.8 Å². The summed E-state index contributed by atoms with van der Waals surface area (Å²) in [5, 5.41) is -1.77. The normalized spacial score (nSPS) is 13.9. The SMILES string of the molecule is COc1c(C=CC(=O)C(C)(C)P(=O)(O)O)cc(C(C)(C)C)cc1C(C)(C)C. The molecule has 0 unspecified atom stereocenters. The summed E-state index contributed by atoms with van der Waals surface area (Å²) in [5.74, 6) is 0.0323. The Labute approximate surface area is 163 Å². The van der Waals surface area contributed by atoms with Crippen molar-refractivity contribution in [3.8, 4) is 5.75 Å². The Morgan fingerprint density at radius 3 is 1.89 bits per heavy atom. The highest BCUT2D eigenvalue weighted by Crippen LogP contribution is 2.50. The fourth-order valence-electron chi connectivity index (χ4n) is 2.51. The van der Waals surface area contributed by atoms with E-state index in [1.807, 2.05) is 6.07 Å². The minimum Gasteiger partial charge on any atom is -0.496 e. The quantitative estimate of drug-likeness (QED) is 0.550. The molecule has 0 bridgehead atoms. The molecular weight excluding hydrogens is 363 g/mol. The Morgan fingerprint density at radius 2 is 1.52 bits per heavy atom. The average molecular weight is 396 g/mol. The van der Waals surface area contributed by atoms with Crippen LogP contribution in [0.1, 0.15) is 72.1 Å². The fourth-order valence-corrected chi connectivity index (χ4v) is 2.87. The summed E-state index contributed by atoms with van der Waals surface area (Å²) in [5.41, 5.74) is 2.53. The highest BCUT2D eigenvalue weighted by atomic mass is 31.2. The van der Waals surface area contributed by atoms with E-state index in [1.165, 1.54) is 19.9 Å². The van der Waals surface area contributed by atoms with Crippen LogP contribution in [-0.4, -0.2) is 27.8 Å². The number of ketones is 1. The van der Waals surface area contributed by atoms with Crippen molar-refractivity contribution < 1.29 is 23.9 Å². The molecule has 0 amide bonds. The van der Waals surface area contributed by atoms with Gasteiger partial charge >= 0.3 is 7.60 Å². The molecular formula is C21H33O5P. The number of ether oxygens (including phenoxy) is 1. The van der Waals surface area contributed by atoms with Crippen LogP contribution in [0.5, 0.6) is 5.75 Å². The van der Waals surface area contributed by atoms with Gasteiger partial charge in [0.15, 0.2) is 5.78 Å². The van der Waals surface area contributed by atoms with E-state index in [4.69, 9.17) is 4.74 Å². The molecule has 0 aliphatic carbocycles. The molecule has 0 saturated carbocycles. The van der Waals surface area contributed by atoms with Crippen molar-refractivity contribution in [3.63, 3.8) is 0 Å². The highest BCUT2D eigenvalue weighted by molar-refractivity contribution is 7.54. The zero-order chi connectivity index (χ0) is 21.4. The Kier molecular flexibility index (Phi) is 6.59. The van der Waals surface area contributed by atoms with Gasteiger partial charge in [-0.3, -0.25) is 9.36 Å². The maximum atomic E-state index is 12.4. The molecule has 1 rings (SSSR count). The molecule has 0 saturated heterocycles. The first kappa shape index (κ1) is 23.6. The van der Waals surface area contributed by atoms with Crippen LogP contribution in [0.4, 0.5) is 0 Å². The van der Waals surface area contributed by atoms with E-state index < -0.39 is 18.5 Å². The first-order valence-corrected chi connectivity index (χ1v) is 10.6. The number of rotatable bonds is 5. The van der Waals surface area contributed by atoms with Gasteiger partial charge in [0.25, 0.3) is 0 Å². The maximum Gasteiger partial charge on any atom is 0.338 e. The Bertz CT molecular complexity index is 786. The second-order valence-corrected chi connectivity index (χ2v) is 11.7. The first-order valence-electron chi connectivity index (χ1n) is 8.94. The van der Waals surface area contributed by atoms with E-state index in [1.54, 1.807) is 13.2 Å². The van der Waals surface area contributed by atoms with Crippen LogP contribution in [0, 0.1) is 0 Å². The van der Waals surface area contributed by atoms with Gasteiger partial charge in [0.2, 0.25) is 0 Å². The topological polar surface area (TPSA) is 83.8 Å². The minimum absolute atomic E-state index is 0.107. The first-order chi connectivity index (χ1) is 11.9. The molecule has 0 aromatic heterocycles. The molecule has 2 N–H and O–H groups in total. The lowest BCUT2D eigenvalue weighted by Gasteiger charge is -2.28. The van der Waals surface area contributed by atoms with Crippen LogP contribution < -0.4 is 4.74 Å². The molecule has 6 heteroatoms. The number of hydrogen-bond donors (Lipinski definition) is 2. The van der Waals surface area contributed by atoms with Crippen molar-refractivity contribution in [2.24, 2.45) is 0 Å². The molecule has 0 atom stereocenters. The lowest BCUT2D eigenvalue weighted by atomic mass is 9.79. The van der Waals surface area contributed by atoms with Gasteiger partial charge in [-0.1, -0.05) is 47.6 Å². The van der Waals surface area contributed by atoms with Crippen LogP contribution in [0.3, 0.4) is 0 Å². The highest BCUT2D eigenvalue weighted by Gasteiger charge is 2.43. The van der Waals surface area contributed by atoms with Crippen LogP contribution in [-0.2, 0) is 20.2 Å². The van der Waals surface area contributed by atoms with Gasteiger partial charge in [-0.05, 0) is 48.5 Å². The van der Waals surface area contributed by atoms with E-state index in [2.05, 4.69) is 47.6 Å². The Hall–Kier alpha value is -1.42. The third kappa shape index (κ3) is 5.31. The van der Waals surface area contributed by atoms with Gasteiger partial charge in [0.1, 0.15) is 10.9 Å². The smallest absolute Gasteiger partial charge is 0.338 e. The Morgan fingerprint density at radius 1 is 1.00 bits per heavy atom. The standard InChI is InChI=1S/C21H33O5P/c1-19(2,3)15-12-14(18(26-9)16(13-15)20(4,5)6)10-11-17(22)21(7,8)27(23,24)25/h10-13H,1-9H3,(H2,23,24,25). The summed E-state index contributed by atoms with van der Waals surface area (Å²) >= 11 is 0. The van der Waals surface area contributed by atoms with Crippen LogP contribution in [0.2, 0.25) is 0 Å². The summed E-state index contributed by atoms with van der Waals surface area (Å²) in [4.78, 5) is 31.3. The molecule has 0 radical (unpaired) electrons. The van der Waals surface area contributed by atoms with Crippen molar-refractivity contribution in [2.75, 3.05) is 7.11 Å². The third-order valence-corrected chi connectivity index (χ3v) is 6.42. The molecule has 1 aromatic carbocycles.